The lowest BCUT2D eigenvalue weighted by Gasteiger charge is -2.30. The van der Waals surface area contributed by atoms with Gasteiger partial charge in [0.25, 0.3) is 0 Å². The van der Waals surface area contributed by atoms with Crippen molar-refractivity contribution in [2.24, 2.45) is 5.92 Å². The number of nitrogens with one attached hydrogen (secondary N) is 1. The third-order valence-corrected chi connectivity index (χ3v) is 8.41. The Morgan fingerprint density at radius 2 is 1.75 bits per heavy atom. The molecule has 44 heavy (non-hydrogen) atoms. The average molecular weight is 632 g/mol. The lowest BCUT2D eigenvalue weighted by atomic mass is 10.0. The van der Waals surface area contributed by atoms with Crippen molar-refractivity contribution < 1.29 is 46.4 Å². The summed E-state index contributed by atoms with van der Waals surface area (Å²) in [5.41, 5.74) is 1.95. The van der Waals surface area contributed by atoms with E-state index in [1.165, 1.54) is 0 Å². The standard InChI is InChI=1S/C30H31F2N3O8S/c1-19(2)16-35(44(39,40)24-10-11-27-28(14-24)43-30(31,32)42-27)17-26(36)25(34-29(37)38)13-20-6-8-23(9-7-20)41-18-22-5-3-4-21(12-22)15-33/h3-12,14,19,25-26,34,36H,13,16-18H2,1-2H3,(H,37,38)/t25-,26+/m0/s1. The summed E-state index contributed by atoms with van der Waals surface area (Å²) in [5, 5.41) is 31.9. The number of alkyl halides is 2. The molecule has 4 rings (SSSR count). The SMILES string of the molecule is CC(C)CN(C[C@@H](O)[C@H](Cc1ccc(OCc2cccc(C#N)c2)cc1)NC(=O)O)S(=O)(=O)c1ccc2c(c1)OC(F)(F)O2. The number of hydrogen-bond acceptors (Lipinski definition) is 8. The molecule has 3 N–H and O–H groups in total. The van der Waals surface area contributed by atoms with Crippen LogP contribution in [0.3, 0.4) is 0 Å². The molecule has 0 unspecified atom stereocenters. The number of amides is 1. The number of aliphatic hydroxyl groups excluding tert-OH is 1. The summed E-state index contributed by atoms with van der Waals surface area (Å²) >= 11 is 0. The maximum Gasteiger partial charge on any atom is 0.586 e. The van der Waals surface area contributed by atoms with Crippen LogP contribution in [0, 0.1) is 17.2 Å². The van der Waals surface area contributed by atoms with E-state index in [4.69, 9.17) is 10.00 Å². The molecule has 1 aliphatic rings. The molecule has 3 aromatic rings. The van der Waals surface area contributed by atoms with Crippen molar-refractivity contribution in [2.45, 2.75) is 50.2 Å². The molecule has 1 heterocycles. The van der Waals surface area contributed by atoms with Gasteiger partial charge >= 0.3 is 12.4 Å². The Bertz CT molecular complexity index is 1630. The first kappa shape index (κ1) is 32.5. The number of nitriles is 1. The number of carboxylic acid groups (broad SMARTS) is 1. The molecule has 0 radical (unpaired) electrons. The van der Waals surface area contributed by atoms with Crippen LogP contribution in [0.15, 0.2) is 71.6 Å². The number of hydrogen-bond donors (Lipinski definition) is 3. The largest absolute Gasteiger partial charge is 0.586 e. The Hall–Kier alpha value is -4.45. The minimum Gasteiger partial charge on any atom is -0.489 e. The van der Waals surface area contributed by atoms with Crippen LogP contribution in [-0.2, 0) is 23.1 Å². The fourth-order valence-electron chi connectivity index (χ4n) is 4.57. The summed E-state index contributed by atoms with van der Waals surface area (Å²) in [6.45, 7) is 3.20. The number of benzene rings is 3. The molecule has 234 valence electrons. The maximum atomic E-state index is 13.6. The van der Waals surface area contributed by atoms with E-state index < -0.39 is 46.9 Å². The molecule has 0 saturated carbocycles. The topological polar surface area (TPSA) is 158 Å². The normalized spacial score (nSPS) is 15.0. The molecule has 0 aliphatic carbocycles. The quantitative estimate of drug-likeness (QED) is 0.249. The first-order valence-corrected chi connectivity index (χ1v) is 15.0. The van der Waals surface area contributed by atoms with Crippen LogP contribution < -0.4 is 19.5 Å². The van der Waals surface area contributed by atoms with Crippen molar-refractivity contribution in [1.29, 1.82) is 5.26 Å². The molecular formula is C30H31F2N3O8S. The second-order valence-corrected chi connectivity index (χ2v) is 12.5. The maximum absolute atomic E-state index is 13.6. The van der Waals surface area contributed by atoms with Crippen LogP contribution >= 0.6 is 0 Å². The third-order valence-electron chi connectivity index (χ3n) is 6.58. The summed E-state index contributed by atoms with van der Waals surface area (Å²) in [6.07, 6.45) is -6.81. The first-order chi connectivity index (χ1) is 20.8. The van der Waals surface area contributed by atoms with Crippen LogP contribution in [0.4, 0.5) is 13.6 Å². The van der Waals surface area contributed by atoms with E-state index >= 15 is 0 Å². The molecule has 1 amide bonds. The van der Waals surface area contributed by atoms with Crippen LogP contribution in [0.1, 0.15) is 30.5 Å². The van der Waals surface area contributed by atoms with Crippen molar-refractivity contribution in [3.63, 3.8) is 0 Å². The van der Waals surface area contributed by atoms with Crippen LogP contribution in [0.2, 0.25) is 0 Å². The van der Waals surface area contributed by atoms with Gasteiger partial charge in [0, 0.05) is 19.2 Å². The molecule has 0 aromatic heterocycles. The summed E-state index contributed by atoms with van der Waals surface area (Å²) in [6, 6.07) is 17.7. The van der Waals surface area contributed by atoms with Gasteiger partial charge in [-0.05, 0) is 59.9 Å². The van der Waals surface area contributed by atoms with Gasteiger partial charge < -0.3 is 29.7 Å². The molecule has 0 saturated heterocycles. The third kappa shape index (κ3) is 8.34. The van der Waals surface area contributed by atoms with Gasteiger partial charge in [-0.1, -0.05) is 38.1 Å². The monoisotopic (exact) mass is 631 g/mol. The number of halogens is 2. The number of rotatable bonds is 13. The lowest BCUT2D eigenvalue weighted by molar-refractivity contribution is -0.286. The van der Waals surface area contributed by atoms with Gasteiger partial charge in [0.1, 0.15) is 12.4 Å². The number of carbonyl (C=O) groups is 1. The van der Waals surface area contributed by atoms with Crippen LogP contribution in [0.5, 0.6) is 17.2 Å². The number of fused-ring (bicyclic) bond motifs is 1. The minimum atomic E-state index is -4.34. The molecule has 1 aliphatic heterocycles. The highest BCUT2D eigenvalue weighted by atomic mass is 32.2. The van der Waals surface area contributed by atoms with Gasteiger partial charge in [0.2, 0.25) is 10.0 Å². The van der Waals surface area contributed by atoms with E-state index in [2.05, 4.69) is 20.9 Å². The number of nitrogens with zero attached hydrogens (tertiary/aromatic N) is 2. The zero-order chi connectivity index (χ0) is 32.1. The Morgan fingerprint density at radius 1 is 1.05 bits per heavy atom. The summed E-state index contributed by atoms with van der Waals surface area (Å²) in [7, 11) is -4.34. The fraction of sp³-hybridized carbons (Fsp3) is 0.333. The van der Waals surface area contributed by atoms with E-state index in [1.54, 1.807) is 56.3 Å². The van der Waals surface area contributed by atoms with Gasteiger partial charge in [-0.15, -0.1) is 8.78 Å². The van der Waals surface area contributed by atoms with E-state index in [0.29, 0.717) is 16.9 Å². The zero-order valence-corrected chi connectivity index (χ0v) is 24.6. The second-order valence-electron chi connectivity index (χ2n) is 10.6. The molecule has 0 bridgehead atoms. The Kier molecular flexibility index (Phi) is 9.93. The fourth-order valence-corrected chi connectivity index (χ4v) is 6.21. The number of ether oxygens (including phenoxy) is 3. The predicted molar refractivity (Wildman–Crippen MR) is 153 cm³/mol. The lowest BCUT2D eigenvalue weighted by Crippen LogP contribution is -2.50. The van der Waals surface area contributed by atoms with Crippen molar-refractivity contribution in [1.82, 2.24) is 9.62 Å². The average Bonchev–Trinajstić information content (AvgIpc) is 3.28. The Balaban J connectivity index is 1.47. The first-order valence-electron chi connectivity index (χ1n) is 13.5. The van der Waals surface area contributed by atoms with E-state index in [1.807, 2.05) is 6.07 Å². The molecule has 0 spiro atoms. The molecule has 14 heteroatoms. The Morgan fingerprint density at radius 3 is 2.41 bits per heavy atom. The smallest absolute Gasteiger partial charge is 0.489 e. The number of sulfonamides is 1. The molecule has 0 fully saturated rings. The van der Waals surface area contributed by atoms with Gasteiger partial charge in [0.15, 0.2) is 11.5 Å². The van der Waals surface area contributed by atoms with Crippen molar-refractivity contribution in [3.05, 3.63) is 83.4 Å². The summed E-state index contributed by atoms with van der Waals surface area (Å²) < 4.78 is 69.6. The van der Waals surface area contributed by atoms with E-state index in [-0.39, 0.29) is 36.1 Å². The molecular weight excluding hydrogens is 600 g/mol. The zero-order valence-electron chi connectivity index (χ0n) is 23.8. The van der Waals surface area contributed by atoms with E-state index in [0.717, 1.165) is 28.1 Å². The van der Waals surface area contributed by atoms with Crippen molar-refractivity contribution in [3.8, 4) is 23.3 Å². The molecule has 3 aromatic carbocycles. The van der Waals surface area contributed by atoms with E-state index in [9.17, 15) is 32.2 Å². The predicted octanol–water partition coefficient (Wildman–Crippen LogP) is 4.35. The Labute approximate surface area is 253 Å². The highest BCUT2D eigenvalue weighted by Crippen LogP contribution is 2.42. The van der Waals surface area contributed by atoms with Gasteiger partial charge in [-0.25, -0.2) is 13.2 Å². The van der Waals surface area contributed by atoms with Crippen molar-refractivity contribution in [2.75, 3.05) is 13.1 Å². The van der Waals surface area contributed by atoms with Crippen LogP contribution in [-0.4, -0.2) is 60.6 Å². The highest BCUT2D eigenvalue weighted by Gasteiger charge is 2.44. The molecule has 11 nitrogen and oxygen atoms in total. The van der Waals surface area contributed by atoms with Gasteiger partial charge in [-0.2, -0.15) is 9.57 Å². The second kappa shape index (κ2) is 13.5. The highest BCUT2D eigenvalue weighted by molar-refractivity contribution is 7.89. The minimum absolute atomic E-state index is 0.0205. The molecule has 2 atom stereocenters. The van der Waals surface area contributed by atoms with Gasteiger partial charge in [-0.3, -0.25) is 0 Å². The summed E-state index contributed by atoms with van der Waals surface area (Å²) in [5.74, 6) is -0.444. The van der Waals surface area contributed by atoms with Crippen LogP contribution in [0.25, 0.3) is 0 Å². The van der Waals surface area contributed by atoms with Crippen molar-refractivity contribution >= 4 is 16.1 Å². The van der Waals surface area contributed by atoms with Gasteiger partial charge in [0.05, 0.1) is 28.7 Å². The summed E-state index contributed by atoms with van der Waals surface area (Å²) in [4.78, 5) is 11.2. The number of aliphatic hydroxyl groups is 1.